The van der Waals surface area contributed by atoms with E-state index < -0.39 is 28.5 Å². The van der Waals surface area contributed by atoms with Gasteiger partial charge in [0.1, 0.15) is 24.1 Å². The smallest absolute Gasteiger partial charge is 0.264 e. The van der Waals surface area contributed by atoms with Gasteiger partial charge in [0.15, 0.2) is 0 Å². The second-order valence-corrected chi connectivity index (χ2v) is 12.9. The summed E-state index contributed by atoms with van der Waals surface area (Å²) in [6.45, 7) is 5.67. The van der Waals surface area contributed by atoms with Crippen molar-refractivity contribution in [1.82, 2.24) is 10.2 Å². The number of nitrogens with one attached hydrogen (secondary N) is 1. The van der Waals surface area contributed by atoms with E-state index in [9.17, 15) is 18.0 Å². The van der Waals surface area contributed by atoms with Crippen molar-refractivity contribution < 1.29 is 27.5 Å². The molecule has 10 heteroatoms. The van der Waals surface area contributed by atoms with Crippen molar-refractivity contribution in [3.8, 4) is 11.5 Å². The number of ether oxygens (including phenoxy) is 2. The van der Waals surface area contributed by atoms with E-state index in [-0.39, 0.29) is 23.4 Å². The van der Waals surface area contributed by atoms with Gasteiger partial charge in [-0.1, -0.05) is 49.6 Å². The minimum Gasteiger partial charge on any atom is -0.497 e. The van der Waals surface area contributed by atoms with E-state index in [0.29, 0.717) is 30.2 Å². The highest BCUT2D eigenvalue weighted by Gasteiger charge is 2.34. The molecule has 4 rings (SSSR count). The van der Waals surface area contributed by atoms with Crippen molar-refractivity contribution in [2.75, 3.05) is 24.6 Å². The molecule has 1 N–H and O–H groups in total. The first-order valence-corrected chi connectivity index (χ1v) is 16.6. The van der Waals surface area contributed by atoms with Crippen LogP contribution in [0.25, 0.3) is 0 Å². The van der Waals surface area contributed by atoms with Crippen LogP contribution < -0.4 is 19.1 Å². The zero-order valence-electron chi connectivity index (χ0n) is 26.0. The molecular formula is C34H43N3O6S. The summed E-state index contributed by atoms with van der Waals surface area (Å²) in [6, 6.07) is 19.7. The lowest BCUT2D eigenvalue weighted by molar-refractivity contribution is -0.140. The fraction of sp³-hybridized carbons (Fsp3) is 0.412. The van der Waals surface area contributed by atoms with Crippen molar-refractivity contribution in [2.45, 2.75) is 76.4 Å². The van der Waals surface area contributed by atoms with Gasteiger partial charge in [-0.15, -0.1) is 0 Å². The summed E-state index contributed by atoms with van der Waals surface area (Å²) in [5.74, 6) is 0.483. The molecule has 1 fully saturated rings. The third-order valence-corrected chi connectivity index (χ3v) is 9.69. The van der Waals surface area contributed by atoms with Crippen molar-refractivity contribution in [2.24, 2.45) is 0 Å². The molecule has 2 amide bonds. The Labute approximate surface area is 261 Å². The molecule has 0 spiro atoms. The number of methoxy groups -OCH3 is 1. The van der Waals surface area contributed by atoms with Crippen LogP contribution in [0.4, 0.5) is 5.69 Å². The van der Waals surface area contributed by atoms with Crippen LogP contribution in [0, 0.1) is 6.92 Å². The molecule has 1 aliphatic rings. The average molecular weight is 622 g/mol. The number of anilines is 1. The maximum Gasteiger partial charge on any atom is 0.264 e. The highest BCUT2D eigenvalue weighted by Crippen LogP contribution is 2.28. The zero-order valence-corrected chi connectivity index (χ0v) is 26.8. The van der Waals surface area contributed by atoms with Crippen LogP contribution in [0.1, 0.15) is 57.1 Å². The van der Waals surface area contributed by atoms with E-state index in [1.807, 2.05) is 45.0 Å². The van der Waals surface area contributed by atoms with Gasteiger partial charge in [-0.2, -0.15) is 0 Å². The van der Waals surface area contributed by atoms with E-state index >= 15 is 0 Å². The second kappa shape index (κ2) is 15.1. The molecule has 0 saturated heterocycles. The second-order valence-electron chi connectivity index (χ2n) is 11.0. The molecule has 1 atom stereocenters. The van der Waals surface area contributed by atoms with Crippen LogP contribution >= 0.6 is 0 Å². The number of carbonyl (C=O) groups is 2. The Kier molecular flexibility index (Phi) is 11.3. The minimum atomic E-state index is -4.15. The molecule has 0 heterocycles. The van der Waals surface area contributed by atoms with Crippen LogP contribution in [0.5, 0.6) is 11.5 Å². The Morgan fingerprint density at radius 3 is 2.25 bits per heavy atom. The molecule has 1 saturated carbocycles. The molecule has 44 heavy (non-hydrogen) atoms. The van der Waals surface area contributed by atoms with Crippen molar-refractivity contribution >= 4 is 27.5 Å². The van der Waals surface area contributed by atoms with Gasteiger partial charge in [0.2, 0.25) is 11.8 Å². The summed E-state index contributed by atoms with van der Waals surface area (Å²) in [7, 11) is -2.59. The molecule has 0 radical (unpaired) electrons. The Morgan fingerprint density at radius 2 is 1.64 bits per heavy atom. The highest BCUT2D eigenvalue weighted by molar-refractivity contribution is 7.92. The standard InChI is InChI=1S/C34H43N3O6S/c1-5-32(34(39)35-27-11-7-8-12-27)36(23-26-10-9-13-30(22-26)42-4)33(38)24-37(28-16-18-29(19-17-28)43-6-2)44(40,41)31-20-14-25(3)15-21-31/h9-10,13-22,27,32H,5-8,11-12,23-24H2,1-4H3,(H,35,39)/t32-/m0/s1. The maximum atomic E-state index is 14.3. The van der Waals surface area contributed by atoms with Crippen molar-refractivity contribution in [3.05, 3.63) is 83.9 Å². The summed E-state index contributed by atoms with van der Waals surface area (Å²) in [5.41, 5.74) is 1.99. The van der Waals surface area contributed by atoms with Crippen molar-refractivity contribution in [1.29, 1.82) is 0 Å². The summed E-state index contributed by atoms with van der Waals surface area (Å²) in [6.07, 6.45) is 4.30. The van der Waals surface area contributed by atoms with E-state index in [4.69, 9.17) is 9.47 Å². The molecular weight excluding hydrogens is 578 g/mol. The number of benzene rings is 3. The third kappa shape index (κ3) is 8.11. The zero-order chi connectivity index (χ0) is 31.7. The van der Waals surface area contributed by atoms with Gasteiger partial charge in [-0.25, -0.2) is 8.42 Å². The normalized spacial score (nSPS) is 14.1. The molecule has 1 aliphatic carbocycles. The van der Waals surface area contributed by atoms with Gasteiger partial charge >= 0.3 is 0 Å². The number of hydrogen-bond acceptors (Lipinski definition) is 6. The van der Waals surface area contributed by atoms with Gasteiger partial charge < -0.3 is 19.7 Å². The molecule has 0 bridgehead atoms. The lowest BCUT2D eigenvalue weighted by atomic mass is 10.1. The van der Waals surface area contributed by atoms with Crippen LogP contribution in [0.3, 0.4) is 0 Å². The van der Waals surface area contributed by atoms with Crippen LogP contribution in [-0.2, 0) is 26.2 Å². The first-order chi connectivity index (χ1) is 21.2. The van der Waals surface area contributed by atoms with Gasteiger partial charge in [-0.05, 0) is 87.2 Å². The Balaban J connectivity index is 1.72. The fourth-order valence-electron chi connectivity index (χ4n) is 5.50. The highest BCUT2D eigenvalue weighted by atomic mass is 32.2. The third-order valence-electron chi connectivity index (χ3n) is 7.90. The average Bonchev–Trinajstić information content (AvgIpc) is 3.53. The largest absolute Gasteiger partial charge is 0.497 e. The molecule has 0 aliphatic heterocycles. The van der Waals surface area contributed by atoms with Crippen LogP contribution in [0.2, 0.25) is 0 Å². The number of aryl methyl sites for hydroxylation is 1. The first-order valence-electron chi connectivity index (χ1n) is 15.2. The topological polar surface area (TPSA) is 105 Å². The van der Waals surface area contributed by atoms with E-state index in [2.05, 4.69) is 5.32 Å². The molecule has 236 valence electrons. The summed E-state index contributed by atoms with van der Waals surface area (Å²) in [5, 5.41) is 3.13. The van der Waals surface area contributed by atoms with Crippen LogP contribution in [0.15, 0.2) is 77.7 Å². The Morgan fingerprint density at radius 1 is 0.955 bits per heavy atom. The minimum absolute atomic E-state index is 0.0650. The SMILES string of the molecule is CCOc1ccc(N(CC(=O)N(Cc2cccc(OC)c2)[C@@H](CC)C(=O)NC2CCCC2)S(=O)(=O)c2ccc(C)cc2)cc1. The van der Waals surface area contributed by atoms with Gasteiger partial charge in [0.05, 0.1) is 24.3 Å². The number of hydrogen-bond donors (Lipinski definition) is 1. The monoisotopic (exact) mass is 621 g/mol. The molecule has 9 nitrogen and oxygen atoms in total. The van der Waals surface area contributed by atoms with Crippen LogP contribution in [-0.4, -0.2) is 57.5 Å². The van der Waals surface area contributed by atoms with E-state index in [0.717, 1.165) is 41.1 Å². The maximum absolute atomic E-state index is 14.3. The summed E-state index contributed by atoms with van der Waals surface area (Å²) < 4.78 is 40.2. The van der Waals surface area contributed by atoms with E-state index in [1.165, 1.54) is 17.0 Å². The molecule has 0 aromatic heterocycles. The Hall–Kier alpha value is -4.05. The predicted octanol–water partition coefficient (Wildman–Crippen LogP) is 5.46. The molecule has 3 aromatic carbocycles. The van der Waals surface area contributed by atoms with E-state index in [1.54, 1.807) is 43.5 Å². The first kappa shape index (κ1) is 32.9. The number of amides is 2. The quantitative estimate of drug-likeness (QED) is 0.256. The Bertz CT molecular complexity index is 1500. The molecule has 0 unspecified atom stereocenters. The van der Waals surface area contributed by atoms with Gasteiger partial charge in [-0.3, -0.25) is 13.9 Å². The van der Waals surface area contributed by atoms with Crippen molar-refractivity contribution in [3.63, 3.8) is 0 Å². The lowest BCUT2D eigenvalue weighted by Crippen LogP contribution is -2.53. The summed E-state index contributed by atoms with van der Waals surface area (Å²) in [4.78, 5) is 29.5. The lowest BCUT2D eigenvalue weighted by Gasteiger charge is -2.34. The van der Waals surface area contributed by atoms with Gasteiger partial charge in [0, 0.05) is 12.6 Å². The number of rotatable bonds is 14. The predicted molar refractivity (Wildman–Crippen MR) is 171 cm³/mol. The number of carbonyl (C=O) groups excluding carboxylic acids is 2. The summed E-state index contributed by atoms with van der Waals surface area (Å²) >= 11 is 0. The fourth-order valence-corrected chi connectivity index (χ4v) is 6.91. The number of nitrogens with zero attached hydrogens (tertiary/aromatic N) is 2. The number of sulfonamides is 1. The molecule has 3 aromatic rings. The van der Waals surface area contributed by atoms with Gasteiger partial charge in [0.25, 0.3) is 10.0 Å².